The Morgan fingerprint density at radius 3 is 2.81 bits per heavy atom. The van der Waals surface area contributed by atoms with Crippen LogP contribution in [0.5, 0.6) is 0 Å². The van der Waals surface area contributed by atoms with Crippen LogP contribution in [-0.4, -0.2) is 48.4 Å². The minimum absolute atomic E-state index is 0.0695. The van der Waals surface area contributed by atoms with Crippen molar-refractivity contribution in [2.75, 3.05) is 36.4 Å². The second-order valence-corrected chi connectivity index (χ2v) is 7.86. The maximum absolute atomic E-state index is 14.3. The number of anilines is 2. The van der Waals surface area contributed by atoms with Crippen LogP contribution in [0.1, 0.15) is 24.1 Å². The number of nitrogens with one attached hydrogen (secondary N) is 2. The van der Waals surface area contributed by atoms with Crippen LogP contribution in [0.15, 0.2) is 29.5 Å². The number of benzene rings is 1. The lowest BCUT2D eigenvalue weighted by atomic mass is 10.1. The Morgan fingerprint density at radius 2 is 2.03 bits per heavy atom. The Kier molecular flexibility index (Phi) is 6.62. The Hall–Kier alpha value is -2.78. The van der Waals surface area contributed by atoms with Crippen molar-refractivity contribution < 1.29 is 8.78 Å². The highest BCUT2D eigenvalue weighted by Crippen LogP contribution is 2.31. The third-order valence-electron chi connectivity index (χ3n) is 5.42. The fourth-order valence-electron chi connectivity index (χ4n) is 3.67. The molecule has 0 radical (unpaired) electrons. The normalized spacial score (nSPS) is 17.6. The topological polar surface area (TPSA) is 91.5 Å². The van der Waals surface area contributed by atoms with E-state index in [2.05, 4.69) is 20.6 Å². The van der Waals surface area contributed by atoms with Crippen molar-refractivity contribution in [1.29, 1.82) is 0 Å². The first-order valence-corrected chi connectivity index (χ1v) is 10.6. The molecule has 1 aromatic carbocycles. The summed E-state index contributed by atoms with van der Waals surface area (Å²) < 4.78 is 28.2. The van der Waals surface area contributed by atoms with Gasteiger partial charge in [-0.05, 0) is 38.1 Å². The fourth-order valence-corrected chi connectivity index (χ4v) is 3.89. The number of fused-ring (bicyclic) bond motifs is 1. The van der Waals surface area contributed by atoms with Crippen molar-refractivity contribution in [2.45, 2.75) is 25.4 Å². The molecule has 164 valence electrons. The van der Waals surface area contributed by atoms with Crippen molar-refractivity contribution in [2.24, 2.45) is 10.7 Å². The lowest BCUT2D eigenvalue weighted by Crippen LogP contribution is -2.35. The Bertz CT molecular complexity index is 1010. The van der Waals surface area contributed by atoms with Crippen molar-refractivity contribution in [1.82, 2.24) is 15.3 Å². The van der Waals surface area contributed by atoms with Crippen molar-refractivity contribution in [3.05, 3.63) is 52.4 Å². The van der Waals surface area contributed by atoms with E-state index in [1.807, 2.05) is 4.90 Å². The van der Waals surface area contributed by atoms with Gasteiger partial charge in [0.15, 0.2) is 11.6 Å². The van der Waals surface area contributed by atoms with E-state index in [-0.39, 0.29) is 23.2 Å². The minimum Gasteiger partial charge on any atom is -0.404 e. The number of piperidine rings is 1. The van der Waals surface area contributed by atoms with E-state index in [9.17, 15) is 8.78 Å². The zero-order chi connectivity index (χ0) is 21.8. The van der Waals surface area contributed by atoms with Crippen molar-refractivity contribution in [3.8, 4) is 0 Å². The zero-order valence-corrected chi connectivity index (χ0v) is 17.7. The molecular formula is C21H24ClF2N7. The average molecular weight is 448 g/mol. The molecule has 3 heterocycles. The number of halogens is 3. The predicted octanol–water partition coefficient (Wildman–Crippen LogP) is 2.96. The lowest BCUT2D eigenvalue weighted by Gasteiger charge is -2.30. The molecule has 0 unspecified atom stereocenters. The second kappa shape index (κ2) is 9.57. The van der Waals surface area contributed by atoms with E-state index in [0.717, 1.165) is 38.1 Å². The molecule has 31 heavy (non-hydrogen) atoms. The van der Waals surface area contributed by atoms with Gasteiger partial charge in [-0.15, -0.1) is 0 Å². The molecule has 1 fully saturated rings. The summed E-state index contributed by atoms with van der Waals surface area (Å²) in [6.45, 7) is 3.08. The molecule has 4 N–H and O–H groups in total. The van der Waals surface area contributed by atoms with Crippen LogP contribution in [0.3, 0.4) is 0 Å². The SMILES string of the molecule is NC=C(C=NC1CCNCC1)c1cnc2c(n1)N(Cc1c(F)ccc(F)c1Cl)CCN2. The highest BCUT2D eigenvalue weighted by molar-refractivity contribution is 6.31. The summed E-state index contributed by atoms with van der Waals surface area (Å²) in [7, 11) is 0. The van der Waals surface area contributed by atoms with E-state index < -0.39 is 11.6 Å². The molecule has 0 spiro atoms. The van der Waals surface area contributed by atoms with E-state index >= 15 is 0 Å². The molecule has 2 aromatic rings. The zero-order valence-electron chi connectivity index (χ0n) is 16.9. The van der Waals surface area contributed by atoms with Crippen LogP contribution in [0.25, 0.3) is 5.57 Å². The number of hydrogen-bond donors (Lipinski definition) is 3. The monoisotopic (exact) mass is 447 g/mol. The minimum atomic E-state index is -0.657. The van der Waals surface area contributed by atoms with Gasteiger partial charge in [-0.3, -0.25) is 4.99 Å². The number of rotatable bonds is 5. The van der Waals surface area contributed by atoms with Crippen LogP contribution < -0.4 is 21.3 Å². The molecule has 10 heteroatoms. The second-order valence-electron chi connectivity index (χ2n) is 7.48. The lowest BCUT2D eigenvalue weighted by molar-refractivity contribution is 0.461. The number of nitrogens with two attached hydrogens (primary N) is 1. The third kappa shape index (κ3) is 4.77. The Morgan fingerprint density at radius 1 is 1.26 bits per heavy atom. The first-order chi connectivity index (χ1) is 15.1. The van der Waals surface area contributed by atoms with Crippen LogP contribution in [0, 0.1) is 11.6 Å². The molecule has 4 rings (SSSR count). The van der Waals surface area contributed by atoms with Gasteiger partial charge in [0.2, 0.25) is 0 Å². The molecular weight excluding hydrogens is 424 g/mol. The smallest absolute Gasteiger partial charge is 0.172 e. The highest BCUT2D eigenvalue weighted by Gasteiger charge is 2.24. The number of aromatic nitrogens is 2. The summed E-state index contributed by atoms with van der Waals surface area (Å²) in [4.78, 5) is 15.6. The number of allylic oxidation sites excluding steroid dienone is 1. The molecule has 7 nitrogen and oxygen atoms in total. The van der Waals surface area contributed by atoms with E-state index in [1.54, 1.807) is 12.4 Å². The first kappa shape index (κ1) is 21.5. The van der Waals surface area contributed by atoms with Crippen molar-refractivity contribution >= 4 is 35.0 Å². The molecule has 0 bridgehead atoms. The molecule has 0 amide bonds. The Labute approximate surface area is 184 Å². The van der Waals surface area contributed by atoms with Crippen LogP contribution in [0.2, 0.25) is 5.02 Å². The molecule has 1 aromatic heterocycles. The average Bonchev–Trinajstić information content (AvgIpc) is 2.80. The summed E-state index contributed by atoms with van der Waals surface area (Å²) in [6.07, 6.45) is 6.75. The molecule has 0 saturated carbocycles. The van der Waals surface area contributed by atoms with Crippen LogP contribution in [0.4, 0.5) is 20.4 Å². The van der Waals surface area contributed by atoms with Crippen LogP contribution >= 0.6 is 11.6 Å². The molecule has 0 atom stereocenters. The predicted molar refractivity (Wildman–Crippen MR) is 119 cm³/mol. The van der Waals surface area contributed by atoms with Gasteiger partial charge >= 0.3 is 0 Å². The number of hydrogen-bond acceptors (Lipinski definition) is 7. The summed E-state index contributed by atoms with van der Waals surface area (Å²) in [6, 6.07) is 2.34. The number of nitrogens with zero attached hydrogens (tertiary/aromatic N) is 4. The standard InChI is InChI=1S/C21H24ClF2N7/c22-19-15(16(23)1-2-17(19)24)12-31-8-7-27-20-21(31)30-18(11-29-20)13(9-25)10-28-14-3-5-26-6-4-14/h1-2,9-11,14,26H,3-8,12,25H2,(H,27,29). The van der Waals surface area contributed by atoms with Crippen LogP contribution in [-0.2, 0) is 6.54 Å². The van der Waals surface area contributed by atoms with Gasteiger partial charge in [0, 0.05) is 43.2 Å². The van der Waals surface area contributed by atoms with E-state index in [4.69, 9.17) is 22.3 Å². The largest absolute Gasteiger partial charge is 0.404 e. The first-order valence-electron chi connectivity index (χ1n) is 10.2. The summed E-state index contributed by atoms with van der Waals surface area (Å²) in [5, 5.41) is 6.27. The summed E-state index contributed by atoms with van der Waals surface area (Å²) in [5.74, 6) is -0.129. The number of aliphatic imine (C=N–C) groups is 1. The summed E-state index contributed by atoms with van der Waals surface area (Å²) >= 11 is 6.02. The molecule has 1 saturated heterocycles. The third-order valence-corrected chi connectivity index (χ3v) is 5.83. The van der Waals surface area contributed by atoms with Gasteiger partial charge in [0.1, 0.15) is 11.6 Å². The van der Waals surface area contributed by atoms with Gasteiger partial charge in [0.25, 0.3) is 0 Å². The van der Waals surface area contributed by atoms with Gasteiger partial charge < -0.3 is 21.3 Å². The van der Waals surface area contributed by atoms with Gasteiger partial charge in [-0.25, -0.2) is 18.7 Å². The van der Waals surface area contributed by atoms with Crippen molar-refractivity contribution in [3.63, 3.8) is 0 Å². The molecule has 2 aliphatic heterocycles. The summed E-state index contributed by atoms with van der Waals surface area (Å²) in [5.41, 5.74) is 7.13. The molecule has 0 aliphatic carbocycles. The van der Waals surface area contributed by atoms with E-state index in [1.165, 1.54) is 6.20 Å². The maximum Gasteiger partial charge on any atom is 0.172 e. The van der Waals surface area contributed by atoms with Gasteiger partial charge in [-0.1, -0.05) is 11.6 Å². The van der Waals surface area contributed by atoms with Gasteiger partial charge in [-0.2, -0.15) is 0 Å². The molecule has 2 aliphatic rings. The highest BCUT2D eigenvalue weighted by atomic mass is 35.5. The fraction of sp³-hybridized carbons (Fsp3) is 0.381. The van der Waals surface area contributed by atoms with Gasteiger partial charge in [0.05, 0.1) is 23.0 Å². The quantitative estimate of drug-likeness (QED) is 0.482. The Balaban J connectivity index is 1.60. The maximum atomic E-state index is 14.3. The van der Waals surface area contributed by atoms with E-state index in [0.29, 0.717) is 36.0 Å².